The third kappa shape index (κ3) is 7.08. The maximum absolute atomic E-state index is 12.1. The molecule has 0 aromatic heterocycles. The number of ether oxygens (including phenoxy) is 2. The molecule has 0 heterocycles. The van der Waals surface area contributed by atoms with E-state index in [1.165, 1.54) is 18.2 Å². The van der Waals surface area contributed by atoms with Crippen LogP contribution in [0.15, 0.2) is 60.7 Å². The number of halogens is 3. The smallest absolute Gasteiger partial charge is 0.452 e. The van der Waals surface area contributed by atoms with E-state index >= 15 is 0 Å². The summed E-state index contributed by atoms with van der Waals surface area (Å²) in [6.45, 7) is -0.462. The topological polar surface area (TPSA) is 64.6 Å². The molecule has 0 aliphatic carbocycles. The highest BCUT2D eigenvalue weighted by atomic mass is 19.4. The molecule has 0 aliphatic rings. The van der Waals surface area contributed by atoms with Crippen molar-refractivity contribution in [2.75, 3.05) is 11.9 Å². The molecule has 0 bridgehead atoms. The molecular formula is C18H14F3NO4. The van der Waals surface area contributed by atoms with Gasteiger partial charge in [-0.2, -0.15) is 0 Å². The van der Waals surface area contributed by atoms with Crippen LogP contribution in [-0.2, 0) is 14.3 Å². The minimum atomic E-state index is -4.76. The zero-order chi connectivity index (χ0) is 19.0. The van der Waals surface area contributed by atoms with E-state index in [4.69, 9.17) is 4.74 Å². The number of nitrogens with one attached hydrogen (secondary N) is 1. The number of amides is 1. The molecule has 0 aliphatic heterocycles. The molecule has 0 unspecified atom stereocenters. The van der Waals surface area contributed by atoms with Crippen molar-refractivity contribution in [1.29, 1.82) is 0 Å². The van der Waals surface area contributed by atoms with Crippen LogP contribution in [0.2, 0.25) is 0 Å². The van der Waals surface area contributed by atoms with Crippen LogP contribution in [0.3, 0.4) is 0 Å². The van der Waals surface area contributed by atoms with Gasteiger partial charge in [-0.1, -0.05) is 30.3 Å². The number of esters is 1. The lowest BCUT2D eigenvalue weighted by atomic mass is 10.2. The molecular weight excluding hydrogens is 351 g/mol. The highest BCUT2D eigenvalue weighted by Gasteiger charge is 2.30. The van der Waals surface area contributed by atoms with Crippen LogP contribution in [0.4, 0.5) is 18.9 Å². The zero-order valence-electron chi connectivity index (χ0n) is 13.3. The van der Waals surface area contributed by atoms with Crippen LogP contribution in [0.1, 0.15) is 5.56 Å². The summed E-state index contributed by atoms with van der Waals surface area (Å²) >= 11 is 0. The fourth-order valence-electron chi connectivity index (χ4n) is 1.85. The summed E-state index contributed by atoms with van der Waals surface area (Å²) in [4.78, 5) is 23.2. The summed E-state index contributed by atoms with van der Waals surface area (Å²) in [5.41, 5.74) is 1.04. The molecule has 0 fully saturated rings. The van der Waals surface area contributed by atoms with E-state index in [-0.39, 0.29) is 5.75 Å². The number of carbonyl (C=O) groups is 2. The van der Waals surface area contributed by atoms with Gasteiger partial charge in [-0.25, -0.2) is 4.79 Å². The summed E-state index contributed by atoms with van der Waals surface area (Å²) in [5.74, 6) is -1.62. The number of rotatable bonds is 6. The quantitative estimate of drug-likeness (QED) is 0.625. The molecule has 0 saturated heterocycles. The van der Waals surface area contributed by atoms with E-state index in [1.807, 2.05) is 0 Å². The number of anilines is 1. The highest BCUT2D eigenvalue weighted by molar-refractivity contribution is 5.94. The standard InChI is InChI=1S/C18H14F3NO4/c19-18(20,21)26-15-9-6-13(7-10-15)8-11-17(24)25-12-16(23)22-14-4-2-1-3-5-14/h1-11H,12H2,(H,22,23)/b11-8+. The summed E-state index contributed by atoms with van der Waals surface area (Å²) in [6, 6.07) is 13.6. The van der Waals surface area contributed by atoms with Crippen LogP contribution in [0.5, 0.6) is 5.75 Å². The average molecular weight is 365 g/mol. The summed E-state index contributed by atoms with van der Waals surface area (Å²) < 4.78 is 44.7. The van der Waals surface area contributed by atoms with Gasteiger partial charge in [0.2, 0.25) is 0 Å². The van der Waals surface area contributed by atoms with Crippen LogP contribution in [0, 0.1) is 0 Å². The van der Waals surface area contributed by atoms with E-state index in [1.54, 1.807) is 30.3 Å². The van der Waals surface area contributed by atoms with Crippen molar-refractivity contribution < 1.29 is 32.2 Å². The summed E-state index contributed by atoms with van der Waals surface area (Å²) in [5, 5.41) is 2.55. The first-order valence-electron chi connectivity index (χ1n) is 7.37. The van der Waals surface area contributed by atoms with E-state index in [9.17, 15) is 22.8 Å². The Bertz CT molecular complexity index is 771. The molecule has 2 rings (SSSR count). The number of alkyl halides is 3. The van der Waals surface area contributed by atoms with Crippen LogP contribution in [0.25, 0.3) is 6.08 Å². The molecule has 26 heavy (non-hydrogen) atoms. The number of para-hydroxylation sites is 1. The van der Waals surface area contributed by atoms with Gasteiger partial charge in [0.05, 0.1) is 0 Å². The molecule has 0 atom stereocenters. The molecule has 136 valence electrons. The fourth-order valence-corrected chi connectivity index (χ4v) is 1.85. The van der Waals surface area contributed by atoms with Crippen molar-refractivity contribution in [2.24, 2.45) is 0 Å². The Kier molecular flexibility index (Phi) is 6.37. The van der Waals surface area contributed by atoms with Crippen LogP contribution < -0.4 is 10.1 Å². The van der Waals surface area contributed by atoms with Gasteiger partial charge in [0.25, 0.3) is 5.91 Å². The maximum Gasteiger partial charge on any atom is 0.573 e. The summed E-state index contributed by atoms with van der Waals surface area (Å²) in [7, 11) is 0. The van der Waals surface area contributed by atoms with E-state index in [0.29, 0.717) is 11.3 Å². The SMILES string of the molecule is O=C(COC(=O)/C=C/c1ccc(OC(F)(F)F)cc1)Nc1ccccc1. The zero-order valence-corrected chi connectivity index (χ0v) is 13.3. The minimum Gasteiger partial charge on any atom is -0.452 e. The van der Waals surface area contributed by atoms with Gasteiger partial charge in [0.1, 0.15) is 5.75 Å². The lowest BCUT2D eigenvalue weighted by Crippen LogP contribution is -2.20. The van der Waals surface area contributed by atoms with Crippen LogP contribution >= 0.6 is 0 Å². The molecule has 8 heteroatoms. The molecule has 5 nitrogen and oxygen atoms in total. The number of hydrogen-bond donors (Lipinski definition) is 1. The monoisotopic (exact) mass is 365 g/mol. The van der Waals surface area contributed by atoms with Crippen molar-refractivity contribution in [2.45, 2.75) is 6.36 Å². The Morgan fingerprint density at radius 3 is 2.27 bits per heavy atom. The van der Waals surface area contributed by atoms with Crippen molar-refractivity contribution in [3.8, 4) is 5.75 Å². The predicted molar refractivity (Wildman–Crippen MR) is 88.2 cm³/mol. The Morgan fingerprint density at radius 1 is 1.00 bits per heavy atom. The molecule has 1 N–H and O–H groups in total. The molecule has 0 spiro atoms. The highest BCUT2D eigenvalue weighted by Crippen LogP contribution is 2.22. The Hall–Kier alpha value is -3.29. The van der Waals surface area contributed by atoms with Gasteiger partial charge in [-0.3, -0.25) is 4.79 Å². The molecule has 0 saturated carbocycles. The molecule has 2 aromatic rings. The predicted octanol–water partition coefficient (Wildman–Crippen LogP) is 3.78. The van der Waals surface area contributed by atoms with Gasteiger partial charge < -0.3 is 14.8 Å². The number of hydrogen-bond acceptors (Lipinski definition) is 4. The number of carbonyl (C=O) groups excluding carboxylic acids is 2. The number of benzene rings is 2. The van der Waals surface area contributed by atoms with E-state index in [2.05, 4.69) is 10.1 Å². The van der Waals surface area contributed by atoms with Crippen molar-refractivity contribution in [3.05, 3.63) is 66.2 Å². The lowest BCUT2D eigenvalue weighted by molar-refractivity contribution is -0.274. The molecule has 0 radical (unpaired) electrons. The second-order valence-electron chi connectivity index (χ2n) is 4.97. The first-order chi connectivity index (χ1) is 12.3. The molecule has 2 aromatic carbocycles. The largest absolute Gasteiger partial charge is 0.573 e. The maximum atomic E-state index is 12.1. The first-order valence-corrected chi connectivity index (χ1v) is 7.37. The summed E-state index contributed by atoms with van der Waals surface area (Å²) in [6.07, 6.45) is -2.36. The fraction of sp³-hybridized carbons (Fsp3) is 0.111. The third-order valence-electron chi connectivity index (χ3n) is 2.93. The Morgan fingerprint density at radius 2 is 1.65 bits per heavy atom. The van der Waals surface area contributed by atoms with Crippen LogP contribution in [-0.4, -0.2) is 24.8 Å². The lowest BCUT2D eigenvalue weighted by Gasteiger charge is -2.08. The van der Waals surface area contributed by atoms with E-state index < -0.39 is 24.8 Å². The van der Waals surface area contributed by atoms with Gasteiger partial charge in [-0.05, 0) is 35.9 Å². The first kappa shape index (κ1) is 19.0. The van der Waals surface area contributed by atoms with Crippen molar-refractivity contribution in [1.82, 2.24) is 0 Å². The minimum absolute atomic E-state index is 0.366. The van der Waals surface area contributed by atoms with E-state index in [0.717, 1.165) is 18.2 Å². The third-order valence-corrected chi connectivity index (χ3v) is 2.93. The second kappa shape index (κ2) is 8.70. The van der Waals surface area contributed by atoms with Crippen molar-refractivity contribution in [3.63, 3.8) is 0 Å². The van der Waals surface area contributed by atoms with Crippen molar-refractivity contribution >= 4 is 23.6 Å². The molecule has 1 amide bonds. The van der Waals surface area contributed by atoms with Gasteiger partial charge in [0.15, 0.2) is 6.61 Å². The Labute approximate surface area is 147 Å². The Balaban J connectivity index is 1.79. The normalized spacial score (nSPS) is 11.2. The second-order valence-corrected chi connectivity index (χ2v) is 4.97. The average Bonchev–Trinajstić information content (AvgIpc) is 2.59. The van der Waals surface area contributed by atoms with Gasteiger partial charge >= 0.3 is 12.3 Å². The van der Waals surface area contributed by atoms with Gasteiger partial charge in [-0.15, -0.1) is 13.2 Å². The van der Waals surface area contributed by atoms with Gasteiger partial charge in [0, 0.05) is 11.8 Å².